The Labute approximate surface area is 80.4 Å². The van der Waals surface area contributed by atoms with Gasteiger partial charge in [0, 0.05) is 19.6 Å². The zero-order valence-corrected chi connectivity index (χ0v) is 8.84. The molecule has 0 aromatic carbocycles. The van der Waals surface area contributed by atoms with Crippen LogP contribution >= 0.6 is 0 Å². The lowest BCUT2D eigenvalue weighted by Crippen LogP contribution is -2.38. The molecule has 0 saturated heterocycles. The van der Waals surface area contributed by atoms with Gasteiger partial charge in [0.15, 0.2) is 6.29 Å². The molecule has 0 aliphatic heterocycles. The van der Waals surface area contributed by atoms with E-state index in [0.717, 1.165) is 19.1 Å². The lowest BCUT2D eigenvalue weighted by Gasteiger charge is -2.27. The third-order valence-corrected chi connectivity index (χ3v) is 1.84. The Balaban J connectivity index is 4.16. The van der Waals surface area contributed by atoms with Crippen LogP contribution in [0.5, 0.6) is 0 Å². The standard InChI is InChI=1S/C10H20O3/c1-4-7-8-10(9-11,12-5-2)13-6-3/h9H,4-8H2,1-3H3. The van der Waals surface area contributed by atoms with Crippen LogP contribution in [0.2, 0.25) is 0 Å². The highest BCUT2D eigenvalue weighted by molar-refractivity contribution is 5.60. The number of hydrogen-bond acceptors (Lipinski definition) is 3. The van der Waals surface area contributed by atoms with E-state index in [4.69, 9.17) is 9.47 Å². The molecule has 0 bridgehead atoms. The average molecular weight is 188 g/mol. The zero-order chi connectivity index (χ0) is 10.2. The summed E-state index contributed by atoms with van der Waals surface area (Å²) in [5.74, 6) is -0.987. The molecule has 0 aromatic heterocycles. The SMILES string of the molecule is CCCCC(C=O)(OCC)OCC. The molecule has 0 heterocycles. The van der Waals surface area contributed by atoms with E-state index in [-0.39, 0.29) is 0 Å². The molecule has 78 valence electrons. The van der Waals surface area contributed by atoms with Crippen LogP contribution in [0.25, 0.3) is 0 Å². The van der Waals surface area contributed by atoms with Crippen molar-refractivity contribution in [2.45, 2.75) is 45.8 Å². The second-order valence-electron chi connectivity index (χ2n) is 2.90. The third-order valence-electron chi connectivity index (χ3n) is 1.84. The van der Waals surface area contributed by atoms with Gasteiger partial charge in [-0.2, -0.15) is 0 Å². The smallest absolute Gasteiger partial charge is 0.225 e. The van der Waals surface area contributed by atoms with Crippen LogP contribution in [0.1, 0.15) is 40.0 Å². The fraction of sp³-hybridized carbons (Fsp3) is 0.900. The minimum atomic E-state index is -0.987. The first-order chi connectivity index (χ1) is 6.24. The Morgan fingerprint density at radius 1 is 1.15 bits per heavy atom. The Bertz CT molecular complexity index is 128. The summed E-state index contributed by atoms with van der Waals surface area (Å²) in [5.41, 5.74) is 0. The van der Waals surface area contributed by atoms with E-state index in [1.54, 1.807) is 0 Å². The largest absolute Gasteiger partial charge is 0.344 e. The van der Waals surface area contributed by atoms with Crippen LogP contribution < -0.4 is 0 Å². The van der Waals surface area contributed by atoms with Gasteiger partial charge in [0.1, 0.15) is 0 Å². The summed E-state index contributed by atoms with van der Waals surface area (Å²) in [5, 5.41) is 0. The molecule has 0 unspecified atom stereocenters. The van der Waals surface area contributed by atoms with E-state index in [9.17, 15) is 4.79 Å². The highest BCUT2D eigenvalue weighted by atomic mass is 16.7. The van der Waals surface area contributed by atoms with Gasteiger partial charge in [-0.25, -0.2) is 0 Å². The number of ether oxygens (including phenoxy) is 2. The van der Waals surface area contributed by atoms with Gasteiger partial charge >= 0.3 is 0 Å². The van der Waals surface area contributed by atoms with E-state index in [1.165, 1.54) is 0 Å². The van der Waals surface area contributed by atoms with Crippen molar-refractivity contribution in [2.24, 2.45) is 0 Å². The second-order valence-corrected chi connectivity index (χ2v) is 2.90. The Hall–Kier alpha value is -0.410. The average Bonchev–Trinajstić information content (AvgIpc) is 2.15. The van der Waals surface area contributed by atoms with Crippen molar-refractivity contribution < 1.29 is 14.3 Å². The Morgan fingerprint density at radius 2 is 1.69 bits per heavy atom. The van der Waals surface area contributed by atoms with Gasteiger partial charge in [-0.3, -0.25) is 4.79 Å². The monoisotopic (exact) mass is 188 g/mol. The van der Waals surface area contributed by atoms with Crippen LogP contribution in [0.15, 0.2) is 0 Å². The molecule has 0 spiro atoms. The predicted molar refractivity (Wildman–Crippen MR) is 51.6 cm³/mol. The maximum atomic E-state index is 10.9. The first kappa shape index (κ1) is 12.6. The normalized spacial score (nSPS) is 11.6. The summed E-state index contributed by atoms with van der Waals surface area (Å²) in [6, 6.07) is 0. The van der Waals surface area contributed by atoms with Crippen LogP contribution in [0.4, 0.5) is 0 Å². The summed E-state index contributed by atoms with van der Waals surface area (Å²) in [6.45, 7) is 6.81. The van der Waals surface area contributed by atoms with Crippen molar-refractivity contribution in [1.82, 2.24) is 0 Å². The highest BCUT2D eigenvalue weighted by Crippen LogP contribution is 2.18. The molecule has 0 aliphatic carbocycles. The number of carbonyl (C=O) groups is 1. The van der Waals surface area contributed by atoms with Crippen molar-refractivity contribution >= 4 is 6.29 Å². The quantitative estimate of drug-likeness (QED) is 0.432. The van der Waals surface area contributed by atoms with Crippen LogP contribution in [-0.2, 0) is 14.3 Å². The number of rotatable bonds is 8. The topological polar surface area (TPSA) is 35.5 Å². The van der Waals surface area contributed by atoms with Crippen molar-refractivity contribution in [3.8, 4) is 0 Å². The number of hydrogen-bond donors (Lipinski definition) is 0. The van der Waals surface area contributed by atoms with E-state index in [0.29, 0.717) is 19.6 Å². The maximum absolute atomic E-state index is 10.9. The van der Waals surface area contributed by atoms with Gasteiger partial charge < -0.3 is 9.47 Å². The summed E-state index contributed by atoms with van der Waals surface area (Å²) >= 11 is 0. The van der Waals surface area contributed by atoms with Crippen molar-refractivity contribution in [2.75, 3.05) is 13.2 Å². The van der Waals surface area contributed by atoms with E-state index >= 15 is 0 Å². The molecule has 0 aliphatic rings. The van der Waals surface area contributed by atoms with E-state index in [2.05, 4.69) is 6.92 Å². The Morgan fingerprint density at radius 3 is 2.00 bits per heavy atom. The van der Waals surface area contributed by atoms with Crippen LogP contribution in [0.3, 0.4) is 0 Å². The molecule has 0 amide bonds. The first-order valence-corrected chi connectivity index (χ1v) is 4.98. The molecule has 0 radical (unpaired) electrons. The zero-order valence-electron chi connectivity index (χ0n) is 8.84. The van der Waals surface area contributed by atoms with Crippen molar-refractivity contribution in [3.05, 3.63) is 0 Å². The highest BCUT2D eigenvalue weighted by Gasteiger charge is 2.29. The van der Waals surface area contributed by atoms with Crippen LogP contribution in [-0.4, -0.2) is 25.3 Å². The number of unbranched alkanes of at least 4 members (excludes halogenated alkanes) is 1. The van der Waals surface area contributed by atoms with Gasteiger partial charge in [0.25, 0.3) is 0 Å². The summed E-state index contributed by atoms with van der Waals surface area (Å²) in [4.78, 5) is 10.9. The molecule has 13 heavy (non-hydrogen) atoms. The van der Waals surface area contributed by atoms with Gasteiger partial charge in [0.2, 0.25) is 5.79 Å². The number of carbonyl (C=O) groups excluding carboxylic acids is 1. The summed E-state index contributed by atoms with van der Waals surface area (Å²) in [6.07, 6.45) is 3.40. The van der Waals surface area contributed by atoms with E-state index < -0.39 is 5.79 Å². The maximum Gasteiger partial charge on any atom is 0.225 e. The molecule has 0 N–H and O–H groups in total. The lowest BCUT2D eigenvalue weighted by atomic mass is 10.1. The number of aldehydes is 1. The fourth-order valence-electron chi connectivity index (χ4n) is 1.22. The fourth-order valence-corrected chi connectivity index (χ4v) is 1.22. The lowest BCUT2D eigenvalue weighted by molar-refractivity contribution is -0.218. The minimum absolute atomic E-state index is 0.502. The first-order valence-electron chi connectivity index (χ1n) is 4.98. The molecular formula is C10H20O3. The molecule has 0 fully saturated rings. The summed E-state index contributed by atoms with van der Waals surface area (Å²) in [7, 11) is 0. The van der Waals surface area contributed by atoms with Gasteiger partial charge in [-0.1, -0.05) is 13.3 Å². The van der Waals surface area contributed by atoms with Gasteiger partial charge in [-0.15, -0.1) is 0 Å². The molecule has 0 aromatic rings. The predicted octanol–water partition coefficient (Wildman–Crippen LogP) is 2.14. The molecule has 0 atom stereocenters. The second kappa shape index (κ2) is 7.04. The molecule has 3 nitrogen and oxygen atoms in total. The molecule has 3 heteroatoms. The Kier molecular flexibility index (Phi) is 6.82. The van der Waals surface area contributed by atoms with Crippen molar-refractivity contribution in [1.29, 1.82) is 0 Å². The molecule has 0 rings (SSSR count). The van der Waals surface area contributed by atoms with E-state index in [1.807, 2.05) is 13.8 Å². The van der Waals surface area contributed by atoms with Gasteiger partial charge in [0.05, 0.1) is 0 Å². The molecular weight excluding hydrogens is 168 g/mol. The third kappa shape index (κ3) is 4.39. The summed E-state index contributed by atoms with van der Waals surface area (Å²) < 4.78 is 10.7. The minimum Gasteiger partial charge on any atom is -0.344 e. The van der Waals surface area contributed by atoms with Crippen molar-refractivity contribution in [3.63, 3.8) is 0 Å². The van der Waals surface area contributed by atoms with Gasteiger partial charge in [-0.05, 0) is 20.3 Å². The van der Waals surface area contributed by atoms with Crippen LogP contribution in [0, 0.1) is 0 Å². The molecule has 0 saturated carbocycles.